The second kappa shape index (κ2) is 4.27. The first-order valence-corrected chi connectivity index (χ1v) is 7.20. The molecule has 96 valence electrons. The van der Waals surface area contributed by atoms with Gasteiger partial charge in [-0.25, -0.2) is 0 Å². The van der Waals surface area contributed by atoms with Gasteiger partial charge in [-0.1, -0.05) is 6.42 Å². The highest BCUT2D eigenvalue weighted by molar-refractivity contribution is 5.77. The van der Waals surface area contributed by atoms with Gasteiger partial charge in [-0.05, 0) is 50.4 Å². The lowest BCUT2D eigenvalue weighted by Crippen LogP contribution is -2.41. The summed E-state index contributed by atoms with van der Waals surface area (Å²) >= 11 is 0. The molecule has 0 aromatic heterocycles. The lowest BCUT2D eigenvalue weighted by molar-refractivity contribution is -0.133. The van der Waals surface area contributed by atoms with E-state index in [1.165, 1.54) is 25.7 Å². The monoisotopic (exact) mass is 236 g/mol. The number of rotatable bonds is 2. The van der Waals surface area contributed by atoms with Crippen LogP contribution in [0.15, 0.2) is 0 Å². The Morgan fingerprint density at radius 3 is 2.65 bits per heavy atom. The fourth-order valence-corrected chi connectivity index (χ4v) is 4.28. The zero-order valence-electron chi connectivity index (χ0n) is 10.8. The summed E-state index contributed by atoms with van der Waals surface area (Å²) in [4.78, 5) is 14.3. The summed E-state index contributed by atoms with van der Waals surface area (Å²) in [5.74, 6) is 2.85. The van der Waals surface area contributed by atoms with Crippen LogP contribution in [0.5, 0.6) is 0 Å². The van der Waals surface area contributed by atoms with Crippen LogP contribution in [0.4, 0.5) is 0 Å². The summed E-state index contributed by atoms with van der Waals surface area (Å²) in [6, 6.07) is 0.445. The van der Waals surface area contributed by atoms with Crippen molar-refractivity contribution in [3.05, 3.63) is 0 Å². The maximum absolute atomic E-state index is 12.3. The molecule has 2 bridgehead atoms. The number of amides is 1. The third-order valence-electron chi connectivity index (χ3n) is 5.46. The largest absolute Gasteiger partial charge is 0.338 e. The lowest BCUT2D eigenvalue weighted by atomic mass is 9.86. The van der Waals surface area contributed by atoms with Crippen molar-refractivity contribution >= 4 is 5.91 Å². The fourth-order valence-electron chi connectivity index (χ4n) is 4.28. The predicted octanol–water partition coefficient (Wildman–Crippen LogP) is 1.76. The van der Waals surface area contributed by atoms with Gasteiger partial charge >= 0.3 is 0 Å². The van der Waals surface area contributed by atoms with Crippen molar-refractivity contribution in [3.63, 3.8) is 0 Å². The molecule has 1 aliphatic heterocycles. The maximum Gasteiger partial charge on any atom is 0.223 e. The van der Waals surface area contributed by atoms with E-state index in [1.807, 2.05) is 4.90 Å². The van der Waals surface area contributed by atoms with E-state index in [1.54, 1.807) is 0 Å². The van der Waals surface area contributed by atoms with Crippen molar-refractivity contribution in [3.8, 4) is 0 Å². The van der Waals surface area contributed by atoms with Crippen LogP contribution in [-0.4, -0.2) is 29.4 Å². The van der Waals surface area contributed by atoms with Gasteiger partial charge in [0.2, 0.25) is 5.91 Å². The molecular weight excluding hydrogens is 212 g/mol. The molecule has 5 unspecified atom stereocenters. The van der Waals surface area contributed by atoms with Crippen molar-refractivity contribution in [1.29, 1.82) is 0 Å². The van der Waals surface area contributed by atoms with Crippen molar-refractivity contribution in [2.24, 2.45) is 23.5 Å². The van der Waals surface area contributed by atoms with Crippen LogP contribution < -0.4 is 5.73 Å². The maximum atomic E-state index is 12.3. The van der Waals surface area contributed by atoms with Crippen molar-refractivity contribution in [2.75, 3.05) is 6.54 Å². The number of hydrogen-bond acceptors (Lipinski definition) is 2. The molecule has 0 aromatic rings. The van der Waals surface area contributed by atoms with Crippen LogP contribution in [-0.2, 0) is 4.79 Å². The van der Waals surface area contributed by atoms with E-state index in [-0.39, 0.29) is 12.1 Å². The van der Waals surface area contributed by atoms with Crippen LogP contribution >= 0.6 is 0 Å². The predicted molar refractivity (Wildman–Crippen MR) is 67.3 cm³/mol. The molecule has 2 N–H and O–H groups in total. The zero-order valence-corrected chi connectivity index (χ0v) is 10.8. The SMILES string of the molecule is CC1C(N)CCN1C(=O)CC1CC2CCC1C2. The van der Waals surface area contributed by atoms with E-state index >= 15 is 0 Å². The van der Waals surface area contributed by atoms with Crippen molar-refractivity contribution in [1.82, 2.24) is 4.90 Å². The highest BCUT2D eigenvalue weighted by Gasteiger charge is 2.41. The molecule has 3 fully saturated rings. The standard InChI is InChI=1S/C14H24N2O/c1-9-13(15)4-5-16(9)14(17)8-12-7-10-2-3-11(12)6-10/h9-13H,2-8,15H2,1H3. The van der Waals surface area contributed by atoms with Crippen LogP contribution in [0.2, 0.25) is 0 Å². The molecule has 0 aromatic carbocycles. The molecule has 1 amide bonds. The Bertz CT molecular complexity index is 317. The summed E-state index contributed by atoms with van der Waals surface area (Å²) in [5.41, 5.74) is 5.98. The van der Waals surface area contributed by atoms with Crippen LogP contribution in [0.3, 0.4) is 0 Å². The average molecular weight is 236 g/mol. The molecule has 3 nitrogen and oxygen atoms in total. The van der Waals surface area contributed by atoms with E-state index in [0.29, 0.717) is 11.8 Å². The summed E-state index contributed by atoms with van der Waals surface area (Å²) in [5, 5.41) is 0. The van der Waals surface area contributed by atoms with Gasteiger partial charge in [0.15, 0.2) is 0 Å². The zero-order chi connectivity index (χ0) is 12.0. The number of likely N-dealkylation sites (tertiary alicyclic amines) is 1. The fraction of sp³-hybridized carbons (Fsp3) is 0.929. The molecule has 5 atom stereocenters. The van der Waals surface area contributed by atoms with Gasteiger partial charge < -0.3 is 10.6 Å². The van der Waals surface area contributed by atoms with E-state index in [2.05, 4.69) is 6.92 Å². The Kier molecular flexibility index (Phi) is 2.89. The Labute approximate surface area is 104 Å². The lowest BCUT2D eigenvalue weighted by Gasteiger charge is -2.27. The van der Waals surface area contributed by atoms with Gasteiger partial charge in [-0.15, -0.1) is 0 Å². The summed E-state index contributed by atoms with van der Waals surface area (Å²) in [6.07, 6.45) is 7.26. The average Bonchev–Trinajstić information content (AvgIpc) is 2.96. The molecule has 0 spiro atoms. The molecule has 3 aliphatic rings. The molecule has 3 rings (SSSR count). The van der Waals surface area contributed by atoms with Crippen molar-refractivity contribution in [2.45, 2.75) is 57.5 Å². The normalized spacial score (nSPS) is 44.6. The summed E-state index contributed by atoms with van der Waals surface area (Å²) in [6.45, 7) is 2.97. The second-order valence-electron chi connectivity index (χ2n) is 6.42. The van der Waals surface area contributed by atoms with Crippen LogP contribution in [0, 0.1) is 17.8 Å². The van der Waals surface area contributed by atoms with Gasteiger partial charge in [0.05, 0.1) is 0 Å². The van der Waals surface area contributed by atoms with Crippen molar-refractivity contribution < 1.29 is 4.79 Å². The van der Waals surface area contributed by atoms with Crippen LogP contribution in [0.25, 0.3) is 0 Å². The summed E-state index contributed by atoms with van der Waals surface area (Å²) in [7, 11) is 0. The third-order valence-corrected chi connectivity index (χ3v) is 5.46. The van der Waals surface area contributed by atoms with E-state index in [4.69, 9.17) is 5.73 Å². The Hall–Kier alpha value is -0.570. The summed E-state index contributed by atoms with van der Waals surface area (Å²) < 4.78 is 0. The van der Waals surface area contributed by atoms with E-state index in [0.717, 1.165) is 31.2 Å². The first-order valence-electron chi connectivity index (χ1n) is 7.20. The van der Waals surface area contributed by atoms with Gasteiger partial charge in [-0.2, -0.15) is 0 Å². The molecule has 2 aliphatic carbocycles. The number of carbonyl (C=O) groups excluding carboxylic acids is 1. The molecule has 2 saturated carbocycles. The third kappa shape index (κ3) is 1.99. The van der Waals surface area contributed by atoms with Gasteiger partial charge in [0.1, 0.15) is 0 Å². The first-order chi connectivity index (χ1) is 8.15. The van der Waals surface area contributed by atoms with Crippen LogP contribution in [0.1, 0.15) is 45.4 Å². The minimum atomic E-state index is 0.193. The molecule has 17 heavy (non-hydrogen) atoms. The highest BCUT2D eigenvalue weighted by Crippen LogP contribution is 2.49. The van der Waals surface area contributed by atoms with E-state index in [9.17, 15) is 4.79 Å². The number of carbonyl (C=O) groups is 1. The Balaban J connectivity index is 1.57. The molecular formula is C14H24N2O. The number of nitrogens with zero attached hydrogens (tertiary/aromatic N) is 1. The van der Waals surface area contributed by atoms with Gasteiger partial charge in [-0.3, -0.25) is 4.79 Å². The van der Waals surface area contributed by atoms with E-state index < -0.39 is 0 Å². The second-order valence-corrected chi connectivity index (χ2v) is 6.42. The Morgan fingerprint density at radius 1 is 1.29 bits per heavy atom. The topological polar surface area (TPSA) is 46.3 Å². The van der Waals surface area contributed by atoms with Gasteiger partial charge in [0, 0.05) is 25.0 Å². The number of fused-ring (bicyclic) bond motifs is 2. The Morgan fingerprint density at radius 2 is 2.12 bits per heavy atom. The highest BCUT2D eigenvalue weighted by atomic mass is 16.2. The van der Waals surface area contributed by atoms with Gasteiger partial charge in [0.25, 0.3) is 0 Å². The minimum absolute atomic E-state index is 0.193. The first kappa shape index (κ1) is 11.5. The molecule has 1 saturated heterocycles. The number of hydrogen-bond donors (Lipinski definition) is 1. The number of nitrogens with two attached hydrogens (primary N) is 1. The quantitative estimate of drug-likeness (QED) is 0.794. The molecule has 3 heteroatoms. The minimum Gasteiger partial charge on any atom is -0.338 e. The molecule has 1 heterocycles. The smallest absolute Gasteiger partial charge is 0.223 e. The molecule has 0 radical (unpaired) electrons.